The molecule has 0 saturated heterocycles. The van der Waals surface area contributed by atoms with Crippen LogP contribution in [0.1, 0.15) is 43.5 Å². The predicted octanol–water partition coefficient (Wildman–Crippen LogP) is 2.08. The molecule has 0 radical (unpaired) electrons. The summed E-state index contributed by atoms with van der Waals surface area (Å²) in [6, 6.07) is 2.55. The van der Waals surface area contributed by atoms with Gasteiger partial charge >= 0.3 is 0 Å². The summed E-state index contributed by atoms with van der Waals surface area (Å²) in [5.74, 6) is 0.556. The van der Waals surface area contributed by atoms with Gasteiger partial charge in [-0.2, -0.15) is 5.10 Å². The monoisotopic (exact) mass is 377 g/mol. The lowest BCUT2D eigenvalue weighted by molar-refractivity contribution is 0.412. The molecule has 2 rings (SSSR count). The third kappa shape index (κ3) is 5.00. The fourth-order valence-corrected chi connectivity index (χ4v) is 2.48. The van der Waals surface area contributed by atoms with Gasteiger partial charge in [0.25, 0.3) is 0 Å². The Morgan fingerprint density at radius 2 is 2.16 bits per heavy atom. The Balaban J connectivity index is 0.00000180. The van der Waals surface area contributed by atoms with E-state index >= 15 is 0 Å². The number of aryl methyl sites for hydroxylation is 2. The quantitative estimate of drug-likeness (QED) is 0.482. The van der Waals surface area contributed by atoms with Gasteiger partial charge in [0.15, 0.2) is 5.96 Å². The molecule has 0 amide bonds. The van der Waals surface area contributed by atoms with Crippen molar-refractivity contribution in [1.82, 2.24) is 15.1 Å². The van der Waals surface area contributed by atoms with Gasteiger partial charge in [-0.15, -0.1) is 24.0 Å². The molecule has 1 fully saturated rings. The zero-order valence-electron chi connectivity index (χ0n) is 11.7. The predicted molar refractivity (Wildman–Crippen MR) is 88.7 cm³/mol. The number of nitrogens with zero attached hydrogens (tertiary/aromatic N) is 3. The highest BCUT2D eigenvalue weighted by atomic mass is 127. The molecule has 1 aromatic heterocycles. The molecule has 0 spiro atoms. The van der Waals surface area contributed by atoms with Gasteiger partial charge in [-0.25, -0.2) is 4.99 Å². The first-order valence-corrected chi connectivity index (χ1v) is 6.71. The second-order valence-electron chi connectivity index (χ2n) is 5.08. The second kappa shape index (κ2) is 7.72. The van der Waals surface area contributed by atoms with Gasteiger partial charge < -0.3 is 11.1 Å². The van der Waals surface area contributed by atoms with Crippen LogP contribution in [0.25, 0.3) is 0 Å². The van der Waals surface area contributed by atoms with E-state index < -0.39 is 0 Å². The summed E-state index contributed by atoms with van der Waals surface area (Å²) in [6.07, 6.45) is 6.36. The minimum absolute atomic E-state index is 0. The maximum Gasteiger partial charge on any atom is 0.189 e. The Kier molecular flexibility index (Phi) is 6.60. The molecule has 0 aromatic carbocycles. The fourth-order valence-electron chi connectivity index (χ4n) is 2.48. The Morgan fingerprint density at radius 1 is 1.47 bits per heavy atom. The van der Waals surface area contributed by atoms with Crippen molar-refractivity contribution in [3.05, 3.63) is 17.5 Å². The summed E-state index contributed by atoms with van der Waals surface area (Å²) < 4.78 is 1.85. The van der Waals surface area contributed by atoms with E-state index in [1.165, 1.54) is 32.1 Å². The van der Waals surface area contributed by atoms with Crippen LogP contribution in [-0.2, 0) is 13.6 Å². The number of nitrogens with one attached hydrogen (secondary N) is 1. The maximum absolute atomic E-state index is 5.92. The minimum Gasteiger partial charge on any atom is -0.370 e. The van der Waals surface area contributed by atoms with Crippen LogP contribution in [0.3, 0.4) is 0 Å². The van der Waals surface area contributed by atoms with Crippen molar-refractivity contribution in [3.63, 3.8) is 0 Å². The first kappa shape index (κ1) is 16.3. The molecule has 3 N–H and O–H groups in total. The van der Waals surface area contributed by atoms with Crippen LogP contribution in [0.15, 0.2) is 11.1 Å². The van der Waals surface area contributed by atoms with Gasteiger partial charge in [0.1, 0.15) is 0 Å². The average Bonchev–Trinajstić information content (AvgIpc) is 2.66. The molecule has 1 saturated carbocycles. The highest BCUT2D eigenvalue weighted by Crippen LogP contribution is 2.17. The van der Waals surface area contributed by atoms with Gasteiger partial charge in [0.05, 0.1) is 17.9 Å². The van der Waals surface area contributed by atoms with Crippen LogP contribution >= 0.6 is 24.0 Å². The molecule has 0 aliphatic heterocycles. The van der Waals surface area contributed by atoms with Gasteiger partial charge in [-0.3, -0.25) is 4.68 Å². The van der Waals surface area contributed by atoms with E-state index in [1.807, 2.05) is 24.7 Å². The molecular weight excluding hydrogens is 353 g/mol. The van der Waals surface area contributed by atoms with Crippen LogP contribution in [0, 0.1) is 6.92 Å². The van der Waals surface area contributed by atoms with E-state index in [0.29, 0.717) is 18.5 Å². The van der Waals surface area contributed by atoms with Crippen molar-refractivity contribution in [3.8, 4) is 0 Å². The average molecular weight is 377 g/mol. The van der Waals surface area contributed by atoms with Crippen molar-refractivity contribution < 1.29 is 0 Å². The smallest absolute Gasteiger partial charge is 0.189 e. The van der Waals surface area contributed by atoms with Crippen molar-refractivity contribution in [1.29, 1.82) is 0 Å². The topological polar surface area (TPSA) is 68.2 Å². The summed E-state index contributed by atoms with van der Waals surface area (Å²) in [4.78, 5) is 4.39. The molecule has 108 valence electrons. The summed E-state index contributed by atoms with van der Waals surface area (Å²) in [5, 5.41) is 7.60. The zero-order chi connectivity index (χ0) is 13.0. The SMILES string of the molecule is Cc1cc(CN=C(N)NC2CCCCC2)n(C)n1.I. The summed E-state index contributed by atoms with van der Waals surface area (Å²) >= 11 is 0. The fraction of sp³-hybridized carbons (Fsp3) is 0.692. The van der Waals surface area contributed by atoms with E-state index in [9.17, 15) is 0 Å². The number of halogens is 1. The number of rotatable bonds is 3. The van der Waals surface area contributed by atoms with Crippen molar-refractivity contribution in [2.45, 2.75) is 51.6 Å². The number of hydrogen-bond donors (Lipinski definition) is 2. The van der Waals surface area contributed by atoms with Gasteiger partial charge in [0, 0.05) is 13.1 Å². The van der Waals surface area contributed by atoms with Crippen LogP contribution < -0.4 is 11.1 Å². The third-order valence-electron chi connectivity index (χ3n) is 3.47. The lowest BCUT2D eigenvalue weighted by Crippen LogP contribution is -2.41. The number of aliphatic imine (C=N–C) groups is 1. The number of aromatic nitrogens is 2. The summed E-state index contributed by atoms with van der Waals surface area (Å²) in [5.41, 5.74) is 8.02. The zero-order valence-corrected chi connectivity index (χ0v) is 14.1. The Hall–Kier alpha value is -0.790. The lowest BCUT2D eigenvalue weighted by atomic mass is 9.96. The molecule has 1 aliphatic carbocycles. The molecule has 6 heteroatoms. The second-order valence-corrected chi connectivity index (χ2v) is 5.08. The van der Waals surface area contributed by atoms with Crippen molar-refractivity contribution in [2.75, 3.05) is 0 Å². The Bertz CT molecular complexity index is 421. The van der Waals surface area contributed by atoms with E-state index in [4.69, 9.17) is 5.73 Å². The lowest BCUT2D eigenvalue weighted by Gasteiger charge is -2.23. The highest BCUT2D eigenvalue weighted by molar-refractivity contribution is 14.0. The molecule has 1 aromatic rings. The maximum atomic E-state index is 5.92. The molecule has 1 aliphatic rings. The van der Waals surface area contributed by atoms with Crippen molar-refractivity contribution >= 4 is 29.9 Å². The molecule has 19 heavy (non-hydrogen) atoms. The van der Waals surface area contributed by atoms with Gasteiger partial charge in [-0.1, -0.05) is 19.3 Å². The van der Waals surface area contributed by atoms with Gasteiger partial charge in [0.2, 0.25) is 0 Å². The molecular formula is C13H24IN5. The van der Waals surface area contributed by atoms with Crippen LogP contribution in [0.2, 0.25) is 0 Å². The molecule has 1 heterocycles. The minimum atomic E-state index is 0. The number of hydrogen-bond acceptors (Lipinski definition) is 2. The first-order chi connectivity index (χ1) is 8.65. The summed E-state index contributed by atoms with van der Waals surface area (Å²) in [6.45, 7) is 2.57. The first-order valence-electron chi connectivity index (χ1n) is 6.71. The molecule has 5 nitrogen and oxygen atoms in total. The Labute approximate surface area is 132 Å². The van der Waals surface area contributed by atoms with E-state index in [0.717, 1.165) is 11.4 Å². The van der Waals surface area contributed by atoms with Gasteiger partial charge in [-0.05, 0) is 25.8 Å². The number of guanidine groups is 1. The normalized spacial score (nSPS) is 17.1. The molecule has 0 bridgehead atoms. The van der Waals surface area contributed by atoms with E-state index in [-0.39, 0.29) is 24.0 Å². The van der Waals surface area contributed by atoms with Crippen LogP contribution in [0.5, 0.6) is 0 Å². The Morgan fingerprint density at radius 3 is 2.74 bits per heavy atom. The van der Waals surface area contributed by atoms with E-state index in [1.54, 1.807) is 0 Å². The van der Waals surface area contributed by atoms with Crippen LogP contribution in [0.4, 0.5) is 0 Å². The van der Waals surface area contributed by atoms with E-state index in [2.05, 4.69) is 15.4 Å². The van der Waals surface area contributed by atoms with Crippen molar-refractivity contribution in [2.24, 2.45) is 17.8 Å². The number of nitrogens with two attached hydrogens (primary N) is 1. The molecule has 0 unspecified atom stereocenters. The van der Waals surface area contributed by atoms with Crippen LogP contribution in [-0.4, -0.2) is 21.8 Å². The molecule has 0 atom stereocenters. The largest absolute Gasteiger partial charge is 0.370 e. The summed E-state index contributed by atoms with van der Waals surface area (Å²) in [7, 11) is 1.93. The highest BCUT2D eigenvalue weighted by Gasteiger charge is 2.13. The third-order valence-corrected chi connectivity index (χ3v) is 3.47. The standard InChI is InChI=1S/C13H23N5.HI/c1-10-8-12(18(2)17-10)9-15-13(14)16-11-6-4-3-5-7-11;/h8,11H,3-7,9H2,1-2H3,(H3,14,15,16);1H.